The lowest BCUT2D eigenvalue weighted by Gasteiger charge is -2.31. The van der Waals surface area contributed by atoms with Crippen LogP contribution in [0.3, 0.4) is 0 Å². The van der Waals surface area contributed by atoms with Crippen LogP contribution in [0.15, 0.2) is 45.7 Å². The fraction of sp³-hybridized carbons (Fsp3) is 0.368. The largest absolute Gasteiger partial charge is 0.273 e. The maximum atomic E-state index is 12.2. The van der Waals surface area contributed by atoms with Crippen LogP contribution in [0.2, 0.25) is 0 Å². The normalized spacial score (nSPS) is 28.1. The number of fused-ring (bicyclic) bond motifs is 1. The second-order valence-corrected chi connectivity index (χ2v) is 8.60. The van der Waals surface area contributed by atoms with Crippen LogP contribution in [0.4, 0.5) is 0 Å². The summed E-state index contributed by atoms with van der Waals surface area (Å²) in [4.78, 5) is 14.7. The van der Waals surface area contributed by atoms with Gasteiger partial charge in [-0.15, -0.1) is 22.7 Å². The summed E-state index contributed by atoms with van der Waals surface area (Å²) in [5, 5.41) is 10.7. The van der Waals surface area contributed by atoms with E-state index in [2.05, 4.69) is 48.0 Å². The zero-order chi connectivity index (χ0) is 16.7. The monoisotopic (exact) mass is 356 g/mol. The van der Waals surface area contributed by atoms with Gasteiger partial charge in [-0.3, -0.25) is 4.79 Å². The average Bonchev–Trinajstić information content (AvgIpc) is 3.26. The molecule has 3 nitrogen and oxygen atoms in total. The van der Waals surface area contributed by atoms with Gasteiger partial charge in [0.05, 0.1) is 11.8 Å². The lowest BCUT2D eigenvalue weighted by atomic mass is 9.74. The van der Waals surface area contributed by atoms with E-state index >= 15 is 0 Å². The number of nitrogens with zero attached hydrogens (tertiary/aromatic N) is 2. The summed E-state index contributed by atoms with van der Waals surface area (Å²) in [7, 11) is 0. The summed E-state index contributed by atoms with van der Waals surface area (Å²) < 4.78 is 0. The summed E-state index contributed by atoms with van der Waals surface area (Å²) in [6.07, 6.45) is 4.39. The molecule has 2 aliphatic rings. The molecule has 0 radical (unpaired) electrons. The van der Waals surface area contributed by atoms with Gasteiger partial charge in [-0.05, 0) is 53.3 Å². The van der Waals surface area contributed by atoms with E-state index in [0.717, 1.165) is 18.6 Å². The molecule has 1 amide bonds. The molecule has 124 valence electrons. The standard InChI is InChI=1S/C19H20N2OS2/c1-12-9-14(11-15-5-3-7-23-15)18-16(10-12)19(17-6-4-8-24-17)21(20-18)13(2)22/h3-8,11-12,16,19H,9-10H2,1-2H3/b14-11+. The average molecular weight is 357 g/mol. The van der Waals surface area contributed by atoms with E-state index in [9.17, 15) is 4.79 Å². The molecule has 3 unspecified atom stereocenters. The van der Waals surface area contributed by atoms with E-state index < -0.39 is 0 Å². The first kappa shape index (κ1) is 15.8. The molecular weight excluding hydrogens is 336 g/mol. The third-order valence-electron chi connectivity index (χ3n) is 4.78. The van der Waals surface area contributed by atoms with Crippen LogP contribution in [-0.2, 0) is 4.79 Å². The van der Waals surface area contributed by atoms with E-state index in [1.165, 1.54) is 15.3 Å². The predicted molar refractivity (Wildman–Crippen MR) is 101 cm³/mol. The highest BCUT2D eigenvalue weighted by atomic mass is 32.1. The van der Waals surface area contributed by atoms with Gasteiger partial charge in [0.1, 0.15) is 0 Å². The predicted octanol–water partition coefficient (Wildman–Crippen LogP) is 5.20. The fourth-order valence-electron chi connectivity index (χ4n) is 3.83. The zero-order valence-corrected chi connectivity index (χ0v) is 15.4. The minimum Gasteiger partial charge on any atom is -0.273 e. The van der Waals surface area contributed by atoms with Crippen molar-refractivity contribution in [2.75, 3.05) is 0 Å². The maximum absolute atomic E-state index is 12.2. The Hall–Kier alpha value is -1.72. The van der Waals surface area contributed by atoms with Gasteiger partial charge in [-0.1, -0.05) is 19.1 Å². The number of thiophene rings is 2. The van der Waals surface area contributed by atoms with E-state index in [1.807, 2.05) is 0 Å². The van der Waals surface area contributed by atoms with Crippen molar-refractivity contribution in [2.24, 2.45) is 16.9 Å². The Kier molecular flexibility index (Phi) is 4.14. The first-order chi connectivity index (χ1) is 11.6. The highest BCUT2D eigenvalue weighted by Gasteiger charge is 2.44. The molecule has 3 heterocycles. The Labute approximate surface area is 150 Å². The summed E-state index contributed by atoms with van der Waals surface area (Å²) in [5.41, 5.74) is 2.42. The molecule has 24 heavy (non-hydrogen) atoms. The van der Waals surface area contributed by atoms with Gasteiger partial charge < -0.3 is 0 Å². The van der Waals surface area contributed by atoms with Gasteiger partial charge in [-0.25, -0.2) is 5.01 Å². The summed E-state index contributed by atoms with van der Waals surface area (Å²) >= 11 is 3.47. The molecule has 0 N–H and O–H groups in total. The van der Waals surface area contributed by atoms with Crippen LogP contribution in [0, 0.1) is 11.8 Å². The number of hydrogen-bond acceptors (Lipinski definition) is 4. The number of carbonyl (C=O) groups excluding carboxylic acids is 1. The molecule has 1 fully saturated rings. The summed E-state index contributed by atoms with van der Waals surface area (Å²) in [5.74, 6) is 0.940. The molecule has 1 aliphatic carbocycles. The summed E-state index contributed by atoms with van der Waals surface area (Å²) in [6, 6.07) is 8.47. The minimum atomic E-state index is 0.0263. The van der Waals surface area contributed by atoms with Crippen LogP contribution in [-0.4, -0.2) is 16.6 Å². The number of hydrogen-bond donors (Lipinski definition) is 0. The molecule has 0 aromatic carbocycles. The number of allylic oxidation sites excluding steroid dienone is 1. The van der Waals surface area contributed by atoms with Crippen molar-refractivity contribution in [1.29, 1.82) is 0 Å². The Morgan fingerprint density at radius 3 is 2.75 bits per heavy atom. The number of carbonyl (C=O) groups is 1. The van der Waals surface area contributed by atoms with E-state index in [0.29, 0.717) is 11.8 Å². The highest BCUT2D eigenvalue weighted by Crippen LogP contribution is 2.47. The molecule has 1 saturated carbocycles. The first-order valence-corrected chi connectivity index (χ1v) is 10.1. The van der Waals surface area contributed by atoms with Gasteiger partial charge in [0.25, 0.3) is 0 Å². The van der Waals surface area contributed by atoms with Gasteiger partial charge in [0, 0.05) is 22.6 Å². The number of amides is 1. The Morgan fingerprint density at radius 2 is 2.08 bits per heavy atom. The van der Waals surface area contributed by atoms with E-state index in [4.69, 9.17) is 5.10 Å². The third kappa shape index (κ3) is 2.76. The zero-order valence-electron chi connectivity index (χ0n) is 13.8. The quantitative estimate of drug-likeness (QED) is 0.728. The van der Waals surface area contributed by atoms with Gasteiger partial charge in [0.15, 0.2) is 0 Å². The van der Waals surface area contributed by atoms with Crippen molar-refractivity contribution in [2.45, 2.75) is 32.7 Å². The molecule has 0 spiro atoms. The first-order valence-electron chi connectivity index (χ1n) is 8.29. The number of rotatable bonds is 2. The molecular formula is C19H20N2OS2. The van der Waals surface area contributed by atoms with Crippen molar-refractivity contribution in [3.63, 3.8) is 0 Å². The third-order valence-corrected chi connectivity index (χ3v) is 6.54. The molecule has 1 aliphatic heterocycles. The molecule has 2 aromatic rings. The van der Waals surface area contributed by atoms with Crippen molar-refractivity contribution in [3.05, 3.63) is 50.4 Å². The molecule has 5 heteroatoms. The lowest BCUT2D eigenvalue weighted by molar-refractivity contribution is -0.131. The summed E-state index contributed by atoms with van der Waals surface area (Å²) in [6.45, 7) is 3.93. The lowest BCUT2D eigenvalue weighted by Crippen LogP contribution is -2.31. The Bertz CT molecular complexity index is 789. The maximum Gasteiger partial charge on any atom is 0.240 e. The molecule has 2 aromatic heterocycles. The Morgan fingerprint density at radius 1 is 1.29 bits per heavy atom. The van der Waals surface area contributed by atoms with Crippen molar-refractivity contribution >= 4 is 40.4 Å². The van der Waals surface area contributed by atoms with Crippen LogP contribution < -0.4 is 0 Å². The Balaban J connectivity index is 1.77. The molecule has 4 rings (SSSR count). The van der Waals surface area contributed by atoms with Crippen LogP contribution in [0.25, 0.3) is 6.08 Å². The molecule has 0 saturated heterocycles. The molecule has 0 bridgehead atoms. The SMILES string of the molecule is CC(=O)N1N=C2/C(=C/c3cccs3)CC(C)CC2C1c1cccs1. The number of hydrazone groups is 1. The smallest absolute Gasteiger partial charge is 0.240 e. The second-order valence-electron chi connectivity index (χ2n) is 6.65. The minimum absolute atomic E-state index is 0.0263. The van der Waals surface area contributed by atoms with Crippen LogP contribution in [0.1, 0.15) is 42.5 Å². The van der Waals surface area contributed by atoms with E-state index in [-0.39, 0.29) is 11.9 Å². The van der Waals surface area contributed by atoms with Crippen LogP contribution >= 0.6 is 22.7 Å². The molecule has 3 atom stereocenters. The fourth-order valence-corrected chi connectivity index (χ4v) is 5.39. The van der Waals surface area contributed by atoms with Crippen molar-refractivity contribution in [1.82, 2.24) is 5.01 Å². The van der Waals surface area contributed by atoms with E-state index in [1.54, 1.807) is 34.6 Å². The van der Waals surface area contributed by atoms with Crippen LogP contribution in [0.5, 0.6) is 0 Å². The van der Waals surface area contributed by atoms with Gasteiger partial charge in [0.2, 0.25) is 5.91 Å². The van der Waals surface area contributed by atoms with Crippen molar-refractivity contribution in [3.8, 4) is 0 Å². The topological polar surface area (TPSA) is 32.7 Å². The second kappa shape index (κ2) is 6.30. The highest BCUT2D eigenvalue weighted by molar-refractivity contribution is 7.11. The van der Waals surface area contributed by atoms with Crippen molar-refractivity contribution < 1.29 is 4.79 Å². The van der Waals surface area contributed by atoms with Gasteiger partial charge in [-0.2, -0.15) is 5.10 Å². The van der Waals surface area contributed by atoms with Gasteiger partial charge >= 0.3 is 0 Å².